The summed E-state index contributed by atoms with van der Waals surface area (Å²) in [6.07, 6.45) is 0.596. The summed E-state index contributed by atoms with van der Waals surface area (Å²) < 4.78 is 11.9. The molecule has 0 aliphatic rings. The number of rotatable bonds is 12. The zero-order valence-electron chi connectivity index (χ0n) is 20.9. The van der Waals surface area contributed by atoms with Gasteiger partial charge in [0.1, 0.15) is 11.5 Å². The van der Waals surface area contributed by atoms with Gasteiger partial charge in [0, 0.05) is 19.6 Å². The monoisotopic (exact) mass is 475 g/mol. The van der Waals surface area contributed by atoms with Crippen molar-refractivity contribution in [1.29, 1.82) is 0 Å². The van der Waals surface area contributed by atoms with E-state index in [2.05, 4.69) is 10.3 Å². The Morgan fingerprint density at radius 3 is 2.38 bits per heavy atom. The lowest BCUT2D eigenvalue weighted by molar-refractivity contribution is -0.119. The molecule has 2 rings (SSSR count). The van der Waals surface area contributed by atoms with Gasteiger partial charge in [-0.25, -0.2) is 4.79 Å². The molecule has 2 aromatic rings. The minimum Gasteiger partial charge on any atom is -0.493 e. The first kappa shape index (κ1) is 26.8. The number of anilines is 2. The van der Waals surface area contributed by atoms with Crippen LogP contribution in [0.1, 0.15) is 33.3 Å². The highest BCUT2D eigenvalue weighted by Crippen LogP contribution is 2.27. The zero-order chi connectivity index (χ0) is 25.4. The van der Waals surface area contributed by atoms with Gasteiger partial charge in [-0.2, -0.15) is 0 Å². The highest BCUT2D eigenvalue weighted by Gasteiger charge is 2.22. The van der Waals surface area contributed by atoms with Crippen molar-refractivity contribution in [3.63, 3.8) is 0 Å². The summed E-state index contributed by atoms with van der Waals surface area (Å²) in [7, 11) is 3.15. The fraction of sp³-hybridized carbons (Fsp3) is 0.542. The Morgan fingerprint density at radius 2 is 1.79 bits per heavy atom. The second kappa shape index (κ2) is 12.2. The molecule has 0 unspecified atom stereocenters. The Morgan fingerprint density at radius 1 is 1.12 bits per heavy atom. The molecule has 0 saturated heterocycles. The molecule has 0 aliphatic carbocycles. The summed E-state index contributed by atoms with van der Waals surface area (Å²) in [6, 6.07) is 5.60. The first-order valence-corrected chi connectivity index (χ1v) is 11.4. The van der Waals surface area contributed by atoms with Crippen LogP contribution in [0.5, 0.6) is 11.5 Å². The number of carbonyl (C=O) groups is 1. The van der Waals surface area contributed by atoms with Gasteiger partial charge in [0.2, 0.25) is 5.91 Å². The summed E-state index contributed by atoms with van der Waals surface area (Å²) >= 11 is 0. The summed E-state index contributed by atoms with van der Waals surface area (Å²) in [5.41, 5.74) is 6.24. The molecular formula is C24H37N5O5. The van der Waals surface area contributed by atoms with Crippen molar-refractivity contribution in [1.82, 2.24) is 14.9 Å². The molecular weight excluding hydrogens is 438 g/mol. The fourth-order valence-electron chi connectivity index (χ4n) is 3.72. The zero-order valence-corrected chi connectivity index (χ0v) is 20.9. The number of hydrogen-bond acceptors (Lipinski definition) is 7. The summed E-state index contributed by atoms with van der Waals surface area (Å²) in [4.78, 5) is 41.7. The molecule has 1 aromatic carbocycles. The van der Waals surface area contributed by atoms with Crippen LogP contribution in [0.15, 0.2) is 27.8 Å². The third kappa shape index (κ3) is 7.03. The van der Waals surface area contributed by atoms with Gasteiger partial charge in [-0.3, -0.25) is 19.1 Å². The lowest BCUT2D eigenvalue weighted by atomic mass is 10.1. The van der Waals surface area contributed by atoms with Crippen molar-refractivity contribution < 1.29 is 14.3 Å². The van der Waals surface area contributed by atoms with Crippen molar-refractivity contribution in [2.24, 2.45) is 11.8 Å². The molecule has 1 heterocycles. The predicted octanol–water partition coefficient (Wildman–Crippen LogP) is 1.61. The number of amides is 1. The summed E-state index contributed by atoms with van der Waals surface area (Å²) in [5, 5.41) is 2.89. The third-order valence-electron chi connectivity index (χ3n) is 5.18. The molecule has 10 nitrogen and oxygen atoms in total. The van der Waals surface area contributed by atoms with Gasteiger partial charge in [0.25, 0.3) is 5.56 Å². The molecule has 0 aliphatic heterocycles. The molecule has 34 heavy (non-hydrogen) atoms. The van der Waals surface area contributed by atoms with E-state index < -0.39 is 11.2 Å². The van der Waals surface area contributed by atoms with Crippen LogP contribution in [0, 0.1) is 11.8 Å². The van der Waals surface area contributed by atoms with Gasteiger partial charge >= 0.3 is 5.69 Å². The molecule has 0 atom stereocenters. The van der Waals surface area contributed by atoms with Crippen LogP contribution in [0.4, 0.5) is 11.5 Å². The largest absolute Gasteiger partial charge is 0.493 e. The second-order valence-corrected chi connectivity index (χ2v) is 9.06. The fourth-order valence-corrected chi connectivity index (χ4v) is 3.72. The smallest absolute Gasteiger partial charge is 0.330 e. The second-order valence-electron chi connectivity index (χ2n) is 9.06. The van der Waals surface area contributed by atoms with Gasteiger partial charge < -0.3 is 25.4 Å². The van der Waals surface area contributed by atoms with Crippen molar-refractivity contribution in [3.05, 3.63) is 44.6 Å². The van der Waals surface area contributed by atoms with E-state index in [4.69, 9.17) is 15.2 Å². The van der Waals surface area contributed by atoms with Gasteiger partial charge in [-0.15, -0.1) is 0 Å². The normalized spacial score (nSPS) is 11.1. The van der Waals surface area contributed by atoms with Crippen LogP contribution in [0.3, 0.4) is 0 Å². The Bertz CT molecular complexity index is 1090. The Kier molecular flexibility index (Phi) is 9.58. The van der Waals surface area contributed by atoms with Gasteiger partial charge in [-0.05, 0) is 36.0 Å². The first-order valence-electron chi connectivity index (χ1n) is 11.4. The number of nitrogens with zero attached hydrogens (tertiary/aromatic N) is 2. The Balaban J connectivity index is 2.16. The van der Waals surface area contributed by atoms with Crippen LogP contribution in [-0.4, -0.2) is 49.3 Å². The summed E-state index contributed by atoms with van der Waals surface area (Å²) in [5.74, 6) is 1.39. The van der Waals surface area contributed by atoms with Crippen LogP contribution >= 0.6 is 0 Å². The first-order chi connectivity index (χ1) is 16.1. The van der Waals surface area contributed by atoms with E-state index in [0.29, 0.717) is 37.6 Å². The van der Waals surface area contributed by atoms with Crippen LogP contribution in [0.2, 0.25) is 0 Å². The highest BCUT2D eigenvalue weighted by molar-refractivity contribution is 5.82. The molecule has 1 amide bonds. The highest BCUT2D eigenvalue weighted by atomic mass is 16.5. The van der Waals surface area contributed by atoms with Crippen LogP contribution in [-0.2, 0) is 17.8 Å². The topological polar surface area (TPSA) is 132 Å². The maximum absolute atomic E-state index is 12.8. The number of aromatic amines is 1. The third-order valence-corrected chi connectivity index (χ3v) is 5.18. The Labute approximate surface area is 200 Å². The van der Waals surface area contributed by atoms with Gasteiger partial charge in [0.15, 0.2) is 11.5 Å². The average molecular weight is 476 g/mol. The number of nitrogens with two attached hydrogens (primary N) is 1. The molecule has 0 fully saturated rings. The van der Waals surface area contributed by atoms with E-state index >= 15 is 0 Å². The molecule has 0 radical (unpaired) electrons. The van der Waals surface area contributed by atoms with Gasteiger partial charge in [0.05, 0.1) is 20.8 Å². The minimum absolute atomic E-state index is 0.0583. The number of H-pyrrole nitrogens is 1. The lowest BCUT2D eigenvalue weighted by Crippen LogP contribution is -2.44. The van der Waals surface area contributed by atoms with Crippen molar-refractivity contribution >= 4 is 17.4 Å². The number of nitrogens with one attached hydrogen (secondary N) is 2. The number of benzene rings is 1. The van der Waals surface area contributed by atoms with Crippen LogP contribution < -0.4 is 36.7 Å². The number of carbonyl (C=O) groups excluding carboxylic acids is 1. The van der Waals surface area contributed by atoms with E-state index in [-0.39, 0.29) is 35.8 Å². The molecule has 4 N–H and O–H groups in total. The van der Waals surface area contributed by atoms with E-state index in [1.165, 1.54) is 4.57 Å². The summed E-state index contributed by atoms with van der Waals surface area (Å²) in [6.45, 7) is 9.01. The van der Waals surface area contributed by atoms with E-state index in [1.54, 1.807) is 19.1 Å². The van der Waals surface area contributed by atoms with Gasteiger partial charge in [-0.1, -0.05) is 33.8 Å². The number of nitrogen functional groups attached to an aromatic ring is 1. The Hall–Kier alpha value is -3.43. The van der Waals surface area contributed by atoms with Crippen molar-refractivity contribution in [2.45, 2.75) is 40.7 Å². The molecule has 188 valence electrons. The predicted molar refractivity (Wildman–Crippen MR) is 134 cm³/mol. The number of ether oxygens (including phenoxy) is 2. The lowest BCUT2D eigenvalue weighted by Gasteiger charge is -2.27. The average Bonchev–Trinajstić information content (AvgIpc) is 2.75. The number of hydrogen-bond donors (Lipinski definition) is 3. The van der Waals surface area contributed by atoms with E-state index in [9.17, 15) is 14.4 Å². The number of methoxy groups -OCH3 is 2. The quantitative estimate of drug-likeness (QED) is 0.425. The van der Waals surface area contributed by atoms with Crippen molar-refractivity contribution in [2.75, 3.05) is 44.5 Å². The minimum atomic E-state index is -0.596. The standard InChI is InChI=1S/C24H37N5O5/c1-15(2)12-28(21-22(25)29(13-16(3)4)24(32)27-23(21)31)14-20(30)26-10-9-17-7-8-18(33-5)19(11-17)34-6/h7-8,11,15-16H,9-10,12-14,25H2,1-6H3,(H,26,30)(H,27,31,32). The SMILES string of the molecule is COc1ccc(CCNC(=O)CN(CC(C)C)c2c(N)n(CC(C)C)c(=O)[nH]c2=O)cc1OC. The molecule has 0 saturated carbocycles. The van der Waals surface area contributed by atoms with Crippen molar-refractivity contribution in [3.8, 4) is 11.5 Å². The number of aromatic nitrogens is 2. The van der Waals surface area contributed by atoms with E-state index in [0.717, 1.165) is 5.56 Å². The molecule has 0 bridgehead atoms. The van der Waals surface area contributed by atoms with E-state index in [1.807, 2.05) is 45.9 Å². The molecule has 1 aromatic heterocycles. The maximum Gasteiger partial charge on any atom is 0.330 e. The molecule has 0 spiro atoms. The van der Waals surface area contributed by atoms with Crippen LogP contribution in [0.25, 0.3) is 0 Å². The maximum atomic E-state index is 12.8. The molecule has 10 heteroatoms.